The Balaban J connectivity index is 2.44. The maximum atomic E-state index is 7.57. The molecule has 0 aliphatic heterocycles. The predicted octanol–water partition coefficient (Wildman–Crippen LogP) is 6.66. The second-order valence-corrected chi connectivity index (χ2v) is 39.2. The molecule has 4 heteroatoms. The van der Waals surface area contributed by atoms with Gasteiger partial charge >= 0.3 is 149 Å². The molecule has 0 heterocycles. The zero-order chi connectivity index (χ0) is 18.1. The molecule has 0 spiro atoms. The van der Waals surface area contributed by atoms with Crippen molar-refractivity contribution in [1.29, 1.82) is 0 Å². The molecule has 0 amide bonds. The van der Waals surface area contributed by atoms with E-state index >= 15 is 0 Å². The first kappa shape index (κ1) is 18.4. The number of hydrogen-bond donors (Lipinski definition) is 1. The summed E-state index contributed by atoms with van der Waals surface area (Å²) in [6.07, 6.45) is 0. The number of rotatable bonds is 2. The van der Waals surface area contributed by atoms with E-state index in [0.717, 1.165) is 11.1 Å². The molecule has 1 nitrogen and oxygen atoms in total. The molecule has 1 N–H and O–H groups in total. The second kappa shape index (κ2) is 4.10. The first-order valence-electron chi connectivity index (χ1n) is 8.50. The van der Waals surface area contributed by atoms with Crippen LogP contribution in [0.1, 0.15) is 36.1 Å². The fourth-order valence-corrected chi connectivity index (χ4v) is 18.8. The molecule has 0 bridgehead atoms. The number of nitrogens with one attached hydrogen (secondary N) is 1. The molecule has 2 aromatic carbocycles. The van der Waals surface area contributed by atoms with Gasteiger partial charge in [0.05, 0.1) is 0 Å². The van der Waals surface area contributed by atoms with Crippen LogP contribution in [0.2, 0.25) is 10.5 Å². The van der Waals surface area contributed by atoms with Gasteiger partial charge in [0.25, 0.3) is 0 Å². The van der Waals surface area contributed by atoms with Crippen molar-refractivity contribution in [3.05, 3.63) is 59.7 Å². The van der Waals surface area contributed by atoms with Crippen molar-refractivity contribution in [2.24, 2.45) is 0 Å². The monoisotopic (exact) mass is 399 g/mol. The fraction of sp³-hybridized carbons (Fsp3) is 0.350. The van der Waals surface area contributed by atoms with Crippen LogP contribution in [0.25, 0.3) is 11.1 Å². The molecule has 0 unspecified atom stereocenters. The van der Waals surface area contributed by atoms with Crippen molar-refractivity contribution in [3.63, 3.8) is 0 Å². The average Bonchev–Trinajstić information content (AvgIpc) is 2.69. The van der Waals surface area contributed by atoms with E-state index in [9.17, 15) is 0 Å². The quantitative estimate of drug-likeness (QED) is 0.556. The van der Waals surface area contributed by atoms with Gasteiger partial charge in [0, 0.05) is 0 Å². The van der Waals surface area contributed by atoms with Gasteiger partial charge in [0.2, 0.25) is 0 Å². The van der Waals surface area contributed by atoms with Gasteiger partial charge in [0.15, 0.2) is 0 Å². The first-order valence-corrected chi connectivity index (χ1v) is 18.7. The molecule has 2 aromatic rings. The average molecular weight is 400 g/mol. The van der Waals surface area contributed by atoms with Crippen LogP contribution in [0.5, 0.6) is 0 Å². The Bertz CT molecular complexity index is 910. The third-order valence-electron chi connectivity index (χ3n) is 4.86. The van der Waals surface area contributed by atoms with Crippen molar-refractivity contribution in [2.75, 3.05) is 0 Å². The van der Waals surface area contributed by atoms with Crippen LogP contribution < -0.4 is 3.80 Å². The number of halogens is 2. The molecule has 3 rings (SSSR count). The van der Waals surface area contributed by atoms with Gasteiger partial charge in [-0.15, -0.1) is 0 Å². The molecular formula is C20H27Cl2NTi. The fourth-order valence-electron chi connectivity index (χ4n) is 4.98. The number of benzene rings is 2. The van der Waals surface area contributed by atoms with Crippen LogP contribution in [0.3, 0.4) is 0 Å². The number of hydrogen-bond acceptors (Lipinski definition) is 1. The Morgan fingerprint density at radius 2 is 1.25 bits per heavy atom. The van der Waals surface area contributed by atoms with Crippen LogP contribution in [0.4, 0.5) is 0 Å². The van der Waals surface area contributed by atoms with Gasteiger partial charge in [-0.2, -0.15) is 0 Å². The minimum atomic E-state index is -5.47. The van der Waals surface area contributed by atoms with Crippen LogP contribution in [0, 0.1) is 0 Å². The van der Waals surface area contributed by atoms with Crippen LogP contribution in [-0.2, 0) is 10.4 Å². The van der Waals surface area contributed by atoms with Crippen molar-refractivity contribution in [2.45, 2.75) is 41.0 Å². The summed E-state index contributed by atoms with van der Waals surface area (Å²) >= 11 is 0. The van der Waals surface area contributed by atoms with E-state index in [-0.39, 0.29) is 9.76 Å². The van der Waals surface area contributed by atoms with E-state index < -0.39 is 10.4 Å². The molecule has 130 valence electrons. The first-order chi connectivity index (χ1) is 10.5. The Kier molecular flexibility index (Phi) is 3.14. The zero-order valence-corrected chi connectivity index (χ0v) is 18.2. The molecule has 0 fully saturated rings. The Morgan fingerprint density at radius 1 is 0.875 bits per heavy atom. The summed E-state index contributed by atoms with van der Waals surface area (Å²) in [6, 6.07) is 16.8. The van der Waals surface area contributed by atoms with Crippen molar-refractivity contribution >= 4 is 23.4 Å². The maximum absolute atomic E-state index is 7.57. The Labute approximate surface area is 148 Å². The summed E-state index contributed by atoms with van der Waals surface area (Å²) in [7, 11) is 9.67. The third kappa shape index (κ3) is 3.06. The van der Waals surface area contributed by atoms with E-state index in [0.29, 0.717) is 0 Å². The van der Waals surface area contributed by atoms with Crippen molar-refractivity contribution in [3.8, 4) is 11.1 Å². The summed E-state index contributed by atoms with van der Waals surface area (Å²) in [4.78, 5) is 4.63. The zero-order valence-electron chi connectivity index (χ0n) is 15.2. The Hall–Kier alpha value is -0.436. The molecule has 1 aliphatic rings. The SMILES string of the molecule is [CH2]=[Ti]([CH3])([CH3])([Cl])([Cl])([NH]C(C)(C)C)[CH]1c2ccccc2-c2ccccc21. The molecular weight excluding hydrogens is 373 g/mol. The summed E-state index contributed by atoms with van der Waals surface area (Å²) in [5, 5.41) is 3.96. The molecule has 0 atom stereocenters. The third-order valence-corrected chi connectivity index (χ3v) is 14.7. The van der Waals surface area contributed by atoms with E-state index in [1.165, 1.54) is 11.1 Å². The van der Waals surface area contributed by atoms with Crippen molar-refractivity contribution < 1.29 is 10.4 Å². The van der Waals surface area contributed by atoms with Crippen LogP contribution >= 0.6 is 18.6 Å². The molecule has 1 aliphatic carbocycles. The van der Waals surface area contributed by atoms with Crippen LogP contribution in [0.15, 0.2) is 48.5 Å². The predicted molar refractivity (Wildman–Crippen MR) is 107 cm³/mol. The van der Waals surface area contributed by atoms with E-state index in [2.05, 4.69) is 77.9 Å². The minimum absolute atomic E-state index is 0.169. The van der Waals surface area contributed by atoms with Crippen LogP contribution in [-0.4, -0.2) is 10.4 Å². The van der Waals surface area contributed by atoms with Crippen molar-refractivity contribution in [1.82, 2.24) is 3.80 Å². The Morgan fingerprint density at radius 3 is 1.62 bits per heavy atom. The molecule has 0 aromatic heterocycles. The molecule has 0 saturated carbocycles. The van der Waals surface area contributed by atoms with Gasteiger partial charge in [-0.25, -0.2) is 0 Å². The van der Waals surface area contributed by atoms with Gasteiger partial charge < -0.3 is 0 Å². The summed E-state index contributed by atoms with van der Waals surface area (Å²) in [5.74, 6) is 0. The number of fused-ring (bicyclic) bond motifs is 3. The van der Waals surface area contributed by atoms with E-state index in [1.54, 1.807) is 0 Å². The normalized spacial score (nSPS) is 19.5. The standard InChI is InChI=1S/C13H9.C4H10N.2CH3.CH2.2ClH.Ti/c1-3-7-12-10(5-1)9-11-6-2-4-8-13(11)12;1-4(2,3)5;;;;;;/h1-9H;5H,1-3H3;2*1H3;1H2;2*1H;/q;-1;;;;;;+3/p-2. The van der Waals surface area contributed by atoms with Gasteiger partial charge in [0.1, 0.15) is 0 Å². The topological polar surface area (TPSA) is 12.0 Å². The molecule has 0 radical (unpaired) electrons. The summed E-state index contributed by atoms with van der Waals surface area (Å²) < 4.78 is 3.48. The van der Waals surface area contributed by atoms with Gasteiger partial charge in [-0.05, 0) is 0 Å². The van der Waals surface area contributed by atoms with Gasteiger partial charge in [-0.1, -0.05) is 0 Å². The van der Waals surface area contributed by atoms with E-state index in [1.807, 2.05) is 10.5 Å². The second-order valence-electron chi connectivity index (χ2n) is 10.3. The van der Waals surface area contributed by atoms with Gasteiger partial charge in [-0.3, -0.25) is 0 Å². The summed E-state index contributed by atoms with van der Waals surface area (Å²) in [5.41, 5.74) is 4.46. The van der Waals surface area contributed by atoms with E-state index in [4.69, 9.17) is 18.6 Å². The molecule has 0 saturated heterocycles. The summed E-state index contributed by atoms with van der Waals surface area (Å²) in [6.45, 7) is 6.27. The molecule has 24 heavy (non-hydrogen) atoms.